The van der Waals surface area contributed by atoms with Gasteiger partial charge in [0.25, 0.3) is 0 Å². The molecule has 0 bridgehead atoms. The minimum absolute atomic E-state index is 0.150. The molecule has 1 spiro atoms. The predicted molar refractivity (Wildman–Crippen MR) is 117 cm³/mol. The molecule has 160 valence electrons. The summed E-state index contributed by atoms with van der Waals surface area (Å²) < 4.78 is 0. The molecule has 6 heteroatoms. The topological polar surface area (TPSA) is 78.5 Å². The smallest absolute Gasteiger partial charge is 0.250 e. The minimum Gasteiger partial charge on any atom is -0.324 e. The van der Waals surface area contributed by atoms with Crippen molar-refractivity contribution in [2.75, 3.05) is 11.9 Å². The van der Waals surface area contributed by atoms with Crippen molar-refractivity contribution >= 4 is 23.4 Å². The van der Waals surface area contributed by atoms with E-state index in [2.05, 4.69) is 10.6 Å². The highest BCUT2D eigenvalue weighted by atomic mass is 16.2. The Balaban J connectivity index is 1.62. The van der Waals surface area contributed by atoms with Crippen LogP contribution in [0.5, 0.6) is 0 Å². The number of rotatable bonds is 5. The molecule has 0 radical (unpaired) electrons. The number of fused-ring (bicyclic) bond motifs is 4. The van der Waals surface area contributed by atoms with Gasteiger partial charge < -0.3 is 5.32 Å². The Morgan fingerprint density at radius 2 is 1.81 bits per heavy atom. The van der Waals surface area contributed by atoms with Gasteiger partial charge in [0.05, 0.1) is 11.8 Å². The van der Waals surface area contributed by atoms with Crippen molar-refractivity contribution in [3.63, 3.8) is 0 Å². The monoisotopic (exact) mass is 417 g/mol. The number of carbonyl (C=O) groups is 3. The zero-order valence-electron chi connectivity index (χ0n) is 17.9. The fourth-order valence-corrected chi connectivity index (χ4v) is 5.55. The molecule has 2 N–H and O–H groups in total. The quantitative estimate of drug-likeness (QED) is 0.734. The summed E-state index contributed by atoms with van der Waals surface area (Å²) in [7, 11) is 0. The number of unbranched alkanes of at least 4 members (excludes halogenated alkanes) is 1. The van der Waals surface area contributed by atoms with Crippen LogP contribution in [0.3, 0.4) is 0 Å². The molecule has 3 aliphatic rings. The Bertz CT molecular complexity index is 1070. The zero-order valence-corrected chi connectivity index (χ0v) is 17.9. The molecule has 4 unspecified atom stereocenters. The Hall–Kier alpha value is -2.99. The van der Waals surface area contributed by atoms with E-state index in [1.165, 1.54) is 4.90 Å². The Morgan fingerprint density at radius 1 is 1.03 bits per heavy atom. The summed E-state index contributed by atoms with van der Waals surface area (Å²) in [5.74, 6) is -1.90. The zero-order chi connectivity index (χ0) is 21.8. The van der Waals surface area contributed by atoms with Crippen molar-refractivity contribution in [2.45, 2.75) is 44.7 Å². The normalized spacial score (nSPS) is 28.9. The third kappa shape index (κ3) is 2.85. The average molecular weight is 418 g/mol. The Labute approximate surface area is 182 Å². The second kappa shape index (κ2) is 7.31. The summed E-state index contributed by atoms with van der Waals surface area (Å²) in [6.45, 7) is 4.42. The first-order valence-electron chi connectivity index (χ1n) is 11.1. The van der Waals surface area contributed by atoms with E-state index < -0.39 is 17.4 Å². The van der Waals surface area contributed by atoms with Crippen LogP contribution in [0.1, 0.15) is 36.5 Å². The van der Waals surface area contributed by atoms with E-state index in [0.29, 0.717) is 13.0 Å². The van der Waals surface area contributed by atoms with Crippen molar-refractivity contribution in [3.8, 4) is 0 Å². The molecular weight excluding hydrogens is 390 g/mol. The van der Waals surface area contributed by atoms with Gasteiger partial charge >= 0.3 is 0 Å². The van der Waals surface area contributed by atoms with Gasteiger partial charge in [-0.3, -0.25) is 24.6 Å². The van der Waals surface area contributed by atoms with Crippen LogP contribution in [-0.4, -0.2) is 35.2 Å². The first kappa shape index (κ1) is 19.9. The van der Waals surface area contributed by atoms with Crippen molar-refractivity contribution in [1.29, 1.82) is 0 Å². The van der Waals surface area contributed by atoms with Crippen LogP contribution in [0.15, 0.2) is 48.5 Å². The molecule has 2 aromatic carbocycles. The molecule has 2 aromatic rings. The van der Waals surface area contributed by atoms with Gasteiger partial charge in [0, 0.05) is 23.8 Å². The summed E-state index contributed by atoms with van der Waals surface area (Å²) in [5.41, 5.74) is 2.38. The van der Waals surface area contributed by atoms with Crippen molar-refractivity contribution < 1.29 is 14.4 Å². The molecule has 0 aliphatic carbocycles. The maximum atomic E-state index is 13.6. The summed E-state index contributed by atoms with van der Waals surface area (Å²) in [5, 5.41) is 6.47. The van der Waals surface area contributed by atoms with Crippen LogP contribution in [0.25, 0.3) is 0 Å². The van der Waals surface area contributed by atoms with Crippen molar-refractivity contribution in [2.24, 2.45) is 11.8 Å². The number of benzene rings is 2. The molecule has 6 nitrogen and oxygen atoms in total. The van der Waals surface area contributed by atoms with E-state index in [-0.39, 0.29) is 23.8 Å². The molecule has 0 aromatic heterocycles. The SMILES string of the molecule is CCCCN1C(=O)C2C(Cc3ccccc3)NC3(C(=O)Nc4ccc(C)cc43)C2C1=O. The molecule has 3 heterocycles. The predicted octanol–water partition coefficient (Wildman–Crippen LogP) is 2.76. The molecule has 3 amide bonds. The number of likely N-dealkylation sites (tertiary alicyclic amines) is 1. The minimum atomic E-state index is -1.21. The number of carbonyl (C=O) groups excluding carboxylic acids is 3. The van der Waals surface area contributed by atoms with Crippen LogP contribution in [0.2, 0.25) is 0 Å². The molecule has 3 aliphatic heterocycles. The van der Waals surface area contributed by atoms with Gasteiger partial charge in [-0.05, 0) is 31.4 Å². The lowest BCUT2D eigenvalue weighted by molar-refractivity contribution is -0.142. The number of hydrogen-bond acceptors (Lipinski definition) is 4. The second-order valence-electron chi connectivity index (χ2n) is 8.94. The Morgan fingerprint density at radius 3 is 2.55 bits per heavy atom. The lowest BCUT2D eigenvalue weighted by atomic mass is 9.76. The van der Waals surface area contributed by atoms with Gasteiger partial charge in [0.15, 0.2) is 0 Å². The summed E-state index contributed by atoms with van der Waals surface area (Å²) in [4.78, 5) is 41.9. The highest BCUT2D eigenvalue weighted by Crippen LogP contribution is 2.53. The molecular formula is C25H27N3O3. The highest BCUT2D eigenvalue weighted by molar-refractivity contribution is 6.15. The fourth-order valence-electron chi connectivity index (χ4n) is 5.55. The first-order valence-corrected chi connectivity index (χ1v) is 11.1. The van der Waals surface area contributed by atoms with Gasteiger partial charge in [-0.1, -0.05) is 61.4 Å². The van der Waals surface area contributed by atoms with Gasteiger partial charge in [0.2, 0.25) is 17.7 Å². The van der Waals surface area contributed by atoms with E-state index in [1.54, 1.807) is 0 Å². The van der Waals surface area contributed by atoms with Gasteiger partial charge in [0.1, 0.15) is 5.54 Å². The van der Waals surface area contributed by atoms with Gasteiger partial charge in [-0.25, -0.2) is 0 Å². The third-order valence-corrected chi connectivity index (χ3v) is 7.00. The first-order chi connectivity index (χ1) is 15.0. The standard InChI is InChI=1S/C25H27N3O3/c1-3-4-12-28-22(29)20-19(14-16-8-6-5-7-9-16)27-25(21(20)23(28)30)17-13-15(2)10-11-18(17)26-24(25)31/h5-11,13,19-21,27H,3-4,12,14H2,1-2H3,(H,26,31). The maximum absolute atomic E-state index is 13.6. The summed E-state index contributed by atoms with van der Waals surface area (Å²) in [6, 6.07) is 15.4. The number of nitrogens with zero attached hydrogens (tertiary/aromatic N) is 1. The number of aryl methyl sites for hydroxylation is 1. The highest BCUT2D eigenvalue weighted by Gasteiger charge is 2.70. The molecule has 0 saturated carbocycles. The number of hydrogen-bond donors (Lipinski definition) is 2. The van der Waals surface area contributed by atoms with Crippen molar-refractivity contribution in [1.82, 2.24) is 10.2 Å². The van der Waals surface area contributed by atoms with Gasteiger partial charge in [-0.15, -0.1) is 0 Å². The molecule has 31 heavy (non-hydrogen) atoms. The third-order valence-electron chi connectivity index (χ3n) is 7.00. The van der Waals surface area contributed by atoms with E-state index >= 15 is 0 Å². The maximum Gasteiger partial charge on any atom is 0.250 e. The molecule has 2 fully saturated rings. The Kier molecular flexibility index (Phi) is 4.70. The largest absolute Gasteiger partial charge is 0.324 e. The molecule has 2 saturated heterocycles. The molecule has 4 atom stereocenters. The lowest BCUT2D eigenvalue weighted by Crippen LogP contribution is -2.53. The van der Waals surface area contributed by atoms with Crippen LogP contribution >= 0.6 is 0 Å². The van der Waals surface area contributed by atoms with Crippen LogP contribution in [0.4, 0.5) is 5.69 Å². The van der Waals surface area contributed by atoms with Crippen LogP contribution < -0.4 is 10.6 Å². The number of amides is 3. The molecule has 5 rings (SSSR count). The van der Waals surface area contributed by atoms with Crippen LogP contribution in [0, 0.1) is 18.8 Å². The summed E-state index contributed by atoms with van der Waals surface area (Å²) in [6.07, 6.45) is 2.24. The van der Waals surface area contributed by atoms with Crippen LogP contribution in [-0.2, 0) is 26.3 Å². The number of anilines is 1. The second-order valence-corrected chi connectivity index (χ2v) is 8.94. The lowest BCUT2D eigenvalue weighted by Gasteiger charge is -2.29. The van der Waals surface area contributed by atoms with Gasteiger partial charge in [-0.2, -0.15) is 0 Å². The van der Waals surface area contributed by atoms with E-state index in [4.69, 9.17) is 0 Å². The average Bonchev–Trinajstić information content (AvgIpc) is 3.33. The fraction of sp³-hybridized carbons (Fsp3) is 0.400. The van der Waals surface area contributed by atoms with E-state index in [9.17, 15) is 14.4 Å². The van der Waals surface area contributed by atoms with E-state index in [1.807, 2.05) is 62.4 Å². The summed E-state index contributed by atoms with van der Waals surface area (Å²) >= 11 is 0. The van der Waals surface area contributed by atoms with E-state index in [0.717, 1.165) is 35.2 Å². The number of imide groups is 1. The van der Waals surface area contributed by atoms with Crippen molar-refractivity contribution in [3.05, 3.63) is 65.2 Å². The number of nitrogens with one attached hydrogen (secondary N) is 2.